The summed E-state index contributed by atoms with van der Waals surface area (Å²) < 4.78 is 88.6. The molecule has 0 fully saturated rings. The second kappa shape index (κ2) is 6.78. The van der Waals surface area contributed by atoms with Gasteiger partial charge in [-0.2, -0.15) is 4.58 Å². The molecular weight excluding hydrogens is 347 g/mol. The van der Waals surface area contributed by atoms with E-state index >= 15 is 0 Å². The van der Waals surface area contributed by atoms with Crippen molar-refractivity contribution in [2.75, 3.05) is 0 Å². The minimum absolute atomic E-state index is 0.0889. The number of carbonyl (C=O) groups excluding carboxylic acids is 1. The Labute approximate surface area is 156 Å². The van der Waals surface area contributed by atoms with E-state index in [0.29, 0.717) is 5.56 Å². The van der Waals surface area contributed by atoms with Crippen LogP contribution >= 0.6 is 0 Å². The Morgan fingerprint density at radius 1 is 1.46 bits per heavy atom. The topological polar surface area (TPSA) is 53.7 Å². The molecule has 3 rings (SSSR count). The van der Waals surface area contributed by atoms with Crippen LogP contribution in [0, 0.1) is 0 Å². The second-order valence-electron chi connectivity index (χ2n) is 5.39. The van der Waals surface area contributed by atoms with E-state index < -0.39 is 49.1 Å². The minimum Gasteiger partial charge on any atom is -0.406 e. The molecule has 2 aliphatic rings. The molecule has 1 N–H and O–H groups in total. The average Bonchev–Trinajstić information content (AvgIpc) is 3.01. The van der Waals surface area contributed by atoms with Gasteiger partial charge in [0, 0.05) is 19.0 Å². The smallest absolute Gasteiger partial charge is 0.406 e. The molecule has 2 aliphatic heterocycles. The van der Waals surface area contributed by atoms with Gasteiger partial charge in [0.05, 0.1) is 14.0 Å². The van der Waals surface area contributed by atoms with E-state index in [1.165, 1.54) is 19.1 Å². The predicted octanol–water partition coefficient (Wildman–Crippen LogP) is 3.28. The van der Waals surface area contributed by atoms with Crippen molar-refractivity contribution in [2.45, 2.75) is 33.1 Å². The summed E-state index contributed by atoms with van der Waals surface area (Å²) in [4.78, 5) is 16.9. The number of hydrogen-bond acceptors (Lipinski definition) is 3. The first-order chi connectivity index (χ1) is 14.7. The average molecular weight is 370 g/mol. The lowest BCUT2D eigenvalue weighted by Crippen LogP contribution is -2.32. The fourth-order valence-electron chi connectivity index (χ4n) is 2.38. The molecule has 0 saturated heterocycles. The lowest BCUT2D eigenvalue weighted by Gasteiger charge is -2.11. The van der Waals surface area contributed by atoms with Crippen molar-refractivity contribution in [1.82, 2.24) is 5.32 Å². The van der Waals surface area contributed by atoms with Gasteiger partial charge in [0.15, 0.2) is 0 Å². The van der Waals surface area contributed by atoms with Gasteiger partial charge in [-0.15, -0.1) is 13.2 Å². The van der Waals surface area contributed by atoms with Crippen molar-refractivity contribution < 1.29 is 35.5 Å². The summed E-state index contributed by atoms with van der Waals surface area (Å²) in [6.45, 7) is -1.48. The molecule has 0 aliphatic carbocycles. The van der Waals surface area contributed by atoms with E-state index in [2.05, 4.69) is 15.0 Å². The van der Waals surface area contributed by atoms with Crippen LogP contribution in [0.15, 0.2) is 52.3 Å². The number of halogens is 3. The summed E-state index contributed by atoms with van der Waals surface area (Å²) in [7, 11) is 0. The van der Waals surface area contributed by atoms with E-state index in [1.54, 1.807) is 0 Å². The number of carbonyl (C=O) groups is 1. The fraction of sp³-hybridized carbons (Fsp3) is 0.278. The van der Waals surface area contributed by atoms with Crippen LogP contribution in [0.4, 0.5) is 13.2 Å². The van der Waals surface area contributed by atoms with Gasteiger partial charge in [0.1, 0.15) is 7.12 Å². The number of allylic oxidation sites excluding steroid dienone is 2. The molecule has 136 valence electrons. The van der Waals surface area contributed by atoms with Crippen LogP contribution in [0.3, 0.4) is 0 Å². The number of benzene rings is 1. The van der Waals surface area contributed by atoms with Crippen molar-refractivity contribution in [3.05, 3.63) is 52.8 Å². The van der Waals surface area contributed by atoms with Crippen molar-refractivity contribution >= 4 is 17.9 Å². The minimum atomic E-state index is -4.82. The summed E-state index contributed by atoms with van der Waals surface area (Å²) in [5.41, 5.74) is -0.216. The second-order valence-corrected chi connectivity index (χ2v) is 5.39. The molecule has 0 aromatic heterocycles. The predicted molar refractivity (Wildman–Crippen MR) is 89.8 cm³/mol. The van der Waals surface area contributed by atoms with Gasteiger partial charge in [0.2, 0.25) is 11.4 Å². The quantitative estimate of drug-likeness (QED) is 0.827. The molecule has 5 nitrogen and oxygen atoms in total. The summed E-state index contributed by atoms with van der Waals surface area (Å²) in [6.07, 6.45) is -6.94. The molecule has 0 spiro atoms. The number of nitrogens with one attached hydrogen (secondary N) is 1. The molecule has 2 heterocycles. The first kappa shape index (κ1) is 11.7. The highest BCUT2D eigenvalue weighted by Gasteiger charge is 2.36. The van der Waals surface area contributed by atoms with Gasteiger partial charge < -0.3 is 10.1 Å². The molecule has 0 bridgehead atoms. The Hall–Kier alpha value is -2.90. The fourth-order valence-corrected chi connectivity index (χ4v) is 2.38. The molecule has 1 unspecified atom stereocenters. The maximum atomic E-state index is 12.8. The lowest BCUT2D eigenvalue weighted by molar-refractivity contribution is -0.337. The number of nitrogens with zero attached hydrogens (tertiary/aromatic N) is 2. The zero-order valence-corrected chi connectivity index (χ0v) is 13.4. The third-order valence-corrected chi connectivity index (χ3v) is 3.47. The van der Waals surface area contributed by atoms with Crippen LogP contribution in [0.1, 0.15) is 34.0 Å². The van der Waals surface area contributed by atoms with Gasteiger partial charge in [-0.1, -0.05) is 18.2 Å². The van der Waals surface area contributed by atoms with E-state index in [-0.39, 0.29) is 23.8 Å². The van der Waals surface area contributed by atoms with Crippen molar-refractivity contribution in [1.29, 1.82) is 0 Å². The van der Waals surface area contributed by atoms with E-state index in [4.69, 9.17) is 8.22 Å². The molecule has 1 aromatic rings. The van der Waals surface area contributed by atoms with Crippen LogP contribution in [0.25, 0.3) is 0 Å². The van der Waals surface area contributed by atoms with Gasteiger partial charge in [-0.05, 0) is 35.1 Å². The van der Waals surface area contributed by atoms with Crippen LogP contribution in [0.5, 0.6) is 5.75 Å². The maximum absolute atomic E-state index is 12.8. The van der Waals surface area contributed by atoms with Crippen LogP contribution in [-0.2, 0) is 11.3 Å². The monoisotopic (exact) mass is 370 g/mol. The maximum Gasteiger partial charge on any atom is 0.573 e. The van der Waals surface area contributed by atoms with Crippen molar-refractivity contribution in [2.24, 2.45) is 4.99 Å². The zero-order valence-electron chi connectivity index (χ0n) is 19.4. The third-order valence-electron chi connectivity index (χ3n) is 3.47. The third kappa shape index (κ3) is 4.01. The van der Waals surface area contributed by atoms with E-state index in [9.17, 15) is 18.0 Å². The number of ether oxygens (including phenoxy) is 1. The summed E-state index contributed by atoms with van der Waals surface area (Å²) >= 11 is 0. The Balaban J connectivity index is 1.82. The molecule has 0 radical (unpaired) electrons. The van der Waals surface area contributed by atoms with Crippen LogP contribution in [-0.4, -0.2) is 28.9 Å². The largest absolute Gasteiger partial charge is 0.573 e. The van der Waals surface area contributed by atoms with E-state index in [1.807, 2.05) is 0 Å². The number of hydrogen-bond donors (Lipinski definition) is 1. The summed E-state index contributed by atoms with van der Waals surface area (Å²) in [5.74, 6) is -1.27. The van der Waals surface area contributed by atoms with Crippen LogP contribution < -0.4 is 10.1 Å². The number of aliphatic imine (C=N–C) groups is 1. The van der Waals surface area contributed by atoms with Crippen molar-refractivity contribution in [3.8, 4) is 5.75 Å². The highest BCUT2D eigenvalue weighted by Crippen LogP contribution is 2.23. The first-order valence-corrected chi connectivity index (χ1v) is 7.40. The van der Waals surface area contributed by atoms with Gasteiger partial charge in [0.25, 0.3) is 5.91 Å². The molecule has 26 heavy (non-hydrogen) atoms. The number of amidine groups is 1. The van der Waals surface area contributed by atoms with E-state index in [0.717, 1.165) is 16.7 Å². The summed E-state index contributed by atoms with van der Waals surface area (Å²) in [6, 6.07) is 4.24. The molecule has 8 heteroatoms. The molecule has 1 amide bonds. The Morgan fingerprint density at radius 2 is 2.19 bits per heavy atom. The van der Waals surface area contributed by atoms with Gasteiger partial charge in [-0.3, -0.25) is 4.79 Å². The summed E-state index contributed by atoms with van der Waals surface area (Å²) in [5, 5.41) is 2.54. The molecule has 1 aromatic carbocycles. The van der Waals surface area contributed by atoms with Gasteiger partial charge >= 0.3 is 12.2 Å². The molecular formula is C18H17F3N3O2+. The SMILES string of the molecule is [2H]C1=C(C([2H])([2H])[2H])C([2H])=[N+]2C(=NC(C)=C2C(=O)NCc2ccc(OC(F)(F)F)cc2)C1[2H]. The number of rotatable bonds is 4. The zero-order chi connectivity index (χ0) is 24.0. The van der Waals surface area contributed by atoms with Crippen LogP contribution in [0.2, 0.25) is 0 Å². The Morgan fingerprint density at radius 3 is 2.85 bits per heavy atom. The Bertz CT molecular complexity index is 1090. The highest BCUT2D eigenvalue weighted by molar-refractivity contribution is 6.00. The normalized spacial score (nSPS) is 24.0. The van der Waals surface area contributed by atoms with Gasteiger partial charge in [-0.25, -0.2) is 0 Å². The highest BCUT2D eigenvalue weighted by atomic mass is 19.4. The lowest BCUT2D eigenvalue weighted by atomic mass is 10.2. The van der Waals surface area contributed by atoms with Crippen molar-refractivity contribution in [3.63, 3.8) is 0 Å². The first-order valence-electron chi connectivity index (χ1n) is 10.5. The number of alkyl halides is 3. The molecule has 1 atom stereocenters. The molecule has 0 saturated carbocycles. The Kier molecular flexibility index (Phi) is 3.04. The standard InChI is InChI=1S/C18H16F3N3O2/c1-11-3-8-15-23-12(2)16(24(15)10-11)17(25)22-9-13-4-6-14(7-5-13)26-18(19,20)21/h3-7,10H,8-9H2,1-2H3/p+1/i1D3,3D,8D,10D. The number of amides is 1. The number of fused-ring (bicyclic) bond motifs is 1.